The van der Waals surface area contributed by atoms with Crippen LogP contribution in [0.15, 0.2) is 12.1 Å². The lowest BCUT2D eigenvalue weighted by atomic mass is 9.98. The van der Waals surface area contributed by atoms with Crippen molar-refractivity contribution in [1.29, 1.82) is 0 Å². The first kappa shape index (κ1) is 11.2. The molecule has 1 aromatic rings. The number of hydrogen-bond donors (Lipinski definition) is 1. The molecule has 16 heavy (non-hydrogen) atoms. The molecule has 0 aliphatic heterocycles. The number of halogens is 2. The molecule has 0 aromatic heterocycles. The van der Waals surface area contributed by atoms with Gasteiger partial charge in [-0.25, -0.2) is 4.39 Å². The maximum atomic E-state index is 13.4. The van der Waals surface area contributed by atoms with Gasteiger partial charge in [0.15, 0.2) is 17.3 Å². The van der Waals surface area contributed by atoms with Crippen molar-refractivity contribution in [3.05, 3.63) is 23.8 Å². The van der Waals surface area contributed by atoms with Gasteiger partial charge in [0, 0.05) is 0 Å². The van der Waals surface area contributed by atoms with Crippen molar-refractivity contribution in [2.45, 2.75) is 38.2 Å². The lowest BCUT2D eigenvalue weighted by Gasteiger charge is -2.23. The van der Waals surface area contributed by atoms with Crippen LogP contribution in [0, 0.1) is 11.6 Å². The van der Waals surface area contributed by atoms with Crippen LogP contribution in [0.4, 0.5) is 8.78 Å². The van der Waals surface area contributed by atoms with Gasteiger partial charge in [-0.05, 0) is 37.8 Å². The molecule has 0 heterocycles. The fourth-order valence-electron chi connectivity index (χ4n) is 1.98. The molecule has 0 saturated heterocycles. The summed E-state index contributed by atoms with van der Waals surface area (Å²) in [6.45, 7) is 0. The summed E-state index contributed by atoms with van der Waals surface area (Å²) < 4.78 is 31.6. The zero-order valence-electron chi connectivity index (χ0n) is 8.88. The minimum absolute atomic E-state index is 0.115. The number of ether oxygens (including phenoxy) is 1. The van der Waals surface area contributed by atoms with Gasteiger partial charge in [-0.3, -0.25) is 0 Å². The fourth-order valence-corrected chi connectivity index (χ4v) is 1.98. The van der Waals surface area contributed by atoms with Gasteiger partial charge in [0.1, 0.15) is 0 Å². The van der Waals surface area contributed by atoms with E-state index in [1.165, 1.54) is 0 Å². The van der Waals surface area contributed by atoms with E-state index in [1.54, 1.807) is 0 Å². The molecular weight excluding hydrogens is 214 g/mol. The topological polar surface area (TPSA) is 29.5 Å². The fraction of sp³-hybridized carbons (Fsp3) is 0.500. The highest BCUT2D eigenvalue weighted by Crippen LogP contribution is 2.33. The average molecular weight is 228 g/mol. The summed E-state index contributed by atoms with van der Waals surface area (Å²) >= 11 is 0. The van der Waals surface area contributed by atoms with Crippen LogP contribution in [-0.4, -0.2) is 11.2 Å². The van der Waals surface area contributed by atoms with E-state index in [-0.39, 0.29) is 17.6 Å². The molecule has 1 fully saturated rings. The van der Waals surface area contributed by atoms with Crippen LogP contribution in [0.3, 0.4) is 0 Å². The van der Waals surface area contributed by atoms with E-state index in [0.717, 1.165) is 44.2 Å². The van der Waals surface area contributed by atoms with Gasteiger partial charge in [0.2, 0.25) is 5.82 Å². The summed E-state index contributed by atoms with van der Waals surface area (Å²) in [5.41, 5.74) is 0. The van der Waals surface area contributed by atoms with Gasteiger partial charge in [0.25, 0.3) is 0 Å². The minimum Gasteiger partial charge on any atom is -0.504 e. The first-order valence-corrected chi connectivity index (χ1v) is 5.52. The molecule has 0 amide bonds. The van der Waals surface area contributed by atoms with Crippen molar-refractivity contribution in [2.24, 2.45) is 0 Å². The Bertz CT molecular complexity index is 374. The summed E-state index contributed by atoms with van der Waals surface area (Å²) in [7, 11) is 0. The van der Waals surface area contributed by atoms with Crippen LogP contribution in [-0.2, 0) is 0 Å². The molecule has 0 unspecified atom stereocenters. The first-order chi connectivity index (χ1) is 7.68. The molecule has 0 atom stereocenters. The zero-order valence-corrected chi connectivity index (χ0v) is 8.88. The predicted octanol–water partition coefficient (Wildman–Crippen LogP) is 3.38. The standard InChI is InChI=1S/C12H14F2O2/c13-9-6-7-10(15)12(11(9)14)16-8-4-2-1-3-5-8/h6-8,15H,1-5H2. The molecule has 0 bridgehead atoms. The van der Waals surface area contributed by atoms with Crippen LogP contribution >= 0.6 is 0 Å². The average Bonchev–Trinajstić information content (AvgIpc) is 2.31. The van der Waals surface area contributed by atoms with Gasteiger partial charge in [-0.15, -0.1) is 0 Å². The van der Waals surface area contributed by atoms with Crippen LogP contribution in [0.1, 0.15) is 32.1 Å². The molecule has 2 nitrogen and oxygen atoms in total. The third-order valence-corrected chi connectivity index (χ3v) is 2.87. The third-order valence-electron chi connectivity index (χ3n) is 2.87. The van der Waals surface area contributed by atoms with Crippen molar-refractivity contribution in [3.63, 3.8) is 0 Å². The van der Waals surface area contributed by atoms with Crippen molar-refractivity contribution in [1.82, 2.24) is 0 Å². The van der Waals surface area contributed by atoms with E-state index in [1.807, 2.05) is 0 Å². The summed E-state index contributed by atoms with van der Waals surface area (Å²) in [5, 5.41) is 9.41. The van der Waals surface area contributed by atoms with Crippen molar-refractivity contribution in [2.75, 3.05) is 0 Å². The number of rotatable bonds is 2. The molecule has 88 valence electrons. The second kappa shape index (κ2) is 4.68. The highest BCUT2D eigenvalue weighted by atomic mass is 19.2. The second-order valence-electron chi connectivity index (χ2n) is 4.09. The van der Waals surface area contributed by atoms with Crippen LogP contribution in [0.2, 0.25) is 0 Å². The zero-order chi connectivity index (χ0) is 11.5. The first-order valence-electron chi connectivity index (χ1n) is 5.52. The molecular formula is C12H14F2O2. The van der Waals surface area contributed by atoms with E-state index in [2.05, 4.69) is 0 Å². The Morgan fingerprint density at radius 3 is 2.50 bits per heavy atom. The summed E-state index contributed by atoms with van der Waals surface area (Å²) in [4.78, 5) is 0. The molecule has 4 heteroatoms. The summed E-state index contributed by atoms with van der Waals surface area (Å²) in [6, 6.07) is 2.00. The number of aromatic hydroxyl groups is 1. The number of hydrogen-bond acceptors (Lipinski definition) is 2. The van der Waals surface area contributed by atoms with Crippen molar-refractivity contribution < 1.29 is 18.6 Å². The molecule has 1 aliphatic rings. The van der Waals surface area contributed by atoms with E-state index in [9.17, 15) is 13.9 Å². The Morgan fingerprint density at radius 2 is 1.81 bits per heavy atom. The van der Waals surface area contributed by atoms with Gasteiger partial charge in [-0.2, -0.15) is 4.39 Å². The highest BCUT2D eigenvalue weighted by molar-refractivity contribution is 5.40. The Kier molecular flexibility index (Phi) is 3.27. The normalized spacial score (nSPS) is 17.4. The Morgan fingerprint density at radius 1 is 1.12 bits per heavy atom. The molecule has 1 saturated carbocycles. The van der Waals surface area contributed by atoms with Gasteiger partial charge in [0.05, 0.1) is 6.10 Å². The maximum absolute atomic E-state index is 13.4. The van der Waals surface area contributed by atoms with Crippen molar-refractivity contribution in [3.8, 4) is 11.5 Å². The summed E-state index contributed by atoms with van der Waals surface area (Å²) in [5.74, 6) is -2.80. The largest absolute Gasteiger partial charge is 0.504 e. The van der Waals surface area contributed by atoms with E-state index in [4.69, 9.17) is 4.74 Å². The number of phenolic OH excluding ortho intramolecular Hbond substituents is 1. The smallest absolute Gasteiger partial charge is 0.204 e. The SMILES string of the molecule is Oc1ccc(F)c(F)c1OC1CCCCC1. The lowest BCUT2D eigenvalue weighted by Crippen LogP contribution is -2.20. The molecule has 1 aromatic carbocycles. The van der Waals surface area contributed by atoms with Gasteiger partial charge >= 0.3 is 0 Å². The predicted molar refractivity (Wildman–Crippen MR) is 55.5 cm³/mol. The molecule has 2 rings (SSSR count). The third kappa shape index (κ3) is 2.26. The maximum Gasteiger partial charge on any atom is 0.204 e. The minimum atomic E-state index is -1.11. The highest BCUT2D eigenvalue weighted by Gasteiger charge is 2.20. The van der Waals surface area contributed by atoms with E-state index < -0.39 is 11.6 Å². The quantitative estimate of drug-likeness (QED) is 0.840. The van der Waals surface area contributed by atoms with Gasteiger partial charge in [-0.1, -0.05) is 6.42 Å². The van der Waals surface area contributed by atoms with E-state index >= 15 is 0 Å². The Balaban J connectivity index is 2.16. The van der Waals surface area contributed by atoms with Crippen LogP contribution in [0.25, 0.3) is 0 Å². The summed E-state index contributed by atoms with van der Waals surface area (Å²) in [6.07, 6.45) is 4.75. The molecule has 0 radical (unpaired) electrons. The lowest BCUT2D eigenvalue weighted by molar-refractivity contribution is 0.142. The van der Waals surface area contributed by atoms with Crippen LogP contribution in [0.5, 0.6) is 11.5 Å². The molecule has 1 N–H and O–H groups in total. The number of phenols is 1. The molecule has 1 aliphatic carbocycles. The Hall–Kier alpha value is -1.32. The Labute approximate surface area is 92.9 Å². The van der Waals surface area contributed by atoms with Crippen LogP contribution < -0.4 is 4.74 Å². The van der Waals surface area contributed by atoms with Crippen molar-refractivity contribution >= 4 is 0 Å². The monoisotopic (exact) mass is 228 g/mol. The number of benzene rings is 1. The molecule has 0 spiro atoms. The van der Waals surface area contributed by atoms with Gasteiger partial charge < -0.3 is 9.84 Å². The van der Waals surface area contributed by atoms with E-state index in [0.29, 0.717) is 0 Å². The second-order valence-corrected chi connectivity index (χ2v) is 4.09.